The Morgan fingerprint density at radius 3 is 2.78 bits per heavy atom. The summed E-state index contributed by atoms with van der Waals surface area (Å²) < 4.78 is 2.09. The highest BCUT2D eigenvalue weighted by atomic mass is 16.3. The fraction of sp³-hybridized carbons (Fsp3) is 0.786. The maximum Gasteiger partial charge on any atom is 0.0641 e. The summed E-state index contributed by atoms with van der Waals surface area (Å²) in [4.78, 5) is 2.51. The Bertz CT molecular complexity index is 400. The number of hydrogen-bond acceptors (Lipinski definition) is 3. The zero-order valence-corrected chi connectivity index (χ0v) is 11.8. The molecule has 2 rings (SSSR count). The van der Waals surface area contributed by atoms with E-state index in [9.17, 15) is 0 Å². The van der Waals surface area contributed by atoms with Crippen LogP contribution >= 0.6 is 0 Å². The molecule has 1 atom stereocenters. The van der Waals surface area contributed by atoms with E-state index in [-0.39, 0.29) is 0 Å². The van der Waals surface area contributed by atoms with Crippen LogP contribution in [-0.2, 0) is 13.1 Å². The Hall–Kier alpha value is -0.870. The van der Waals surface area contributed by atoms with Gasteiger partial charge < -0.3 is 5.11 Å². The van der Waals surface area contributed by atoms with Crippen molar-refractivity contribution in [1.29, 1.82) is 0 Å². The van der Waals surface area contributed by atoms with E-state index >= 15 is 0 Å². The minimum absolute atomic E-state index is 0.299. The van der Waals surface area contributed by atoms with Crippen LogP contribution in [0.15, 0.2) is 0 Å². The Morgan fingerprint density at radius 2 is 2.17 bits per heavy atom. The second kappa shape index (κ2) is 5.85. The molecule has 0 radical (unpaired) electrons. The van der Waals surface area contributed by atoms with Gasteiger partial charge in [0.15, 0.2) is 0 Å². The SMILES string of the molecule is CCn1nc(C)c(CN2CCCC2CCO)c1C. The molecule has 0 amide bonds. The van der Waals surface area contributed by atoms with Crippen LogP contribution in [0.3, 0.4) is 0 Å². The standard InChI is InChI=1S/C14H25N3O/c1-4-17-12(3)14(11(2)15-17)10-16-8-5-6-13(16)7-9-18/h13,18H,4-10H2,1-3H3. The summed E-state index contributed by atoms with van der Waals surface area (Å²) in [5, 5.41) is 13.7. The lowest BCUT2D eigenvalue weighted by Gasteiger charge is -2.24. The molecule has 4 heteroatoms. The molecule has 0 saturated carbocycles. The molecule has 0 spiro atoms. The quantitative estimate of drug-likeness (QED) is 0.868. The van der Waals surface area contributed by atoms with Crippen molar-refractivity contribution in [3.05, 3.63) is 17.0 Å². The molecule has 1 unspecified atom stereocenters. The van der Waals surface area contributed by atoms with Gasteiger partial charge in [0.05, 0.1) is 5.69 Å². The zero-order chi connectivity index (χ0) is 13.1. The molecule has 1 aliphatic heterocycles. The largest absolute Gasteiger partial charge is 0.396 e. The second-order valence-corrected chi connectivity index (χ2v) is 5.24. The summed E-state index contributed by atoms with van der Waals surface area (Å²) in [6.07, 6.45) is 3.38. The first-order chi connectivity index (χ1) is 8.67. The molecule has 4 nitrogen and oxygen atoms in total. The van der Waals surface area contributed by atoms with Gasteiger partial charge in [-0.25, -0.2) is 0 Å². The first-order valence-corrected chi connectivity index (χ1v) is 7.05. The minimum Gasteiger partial charge on any atom is -0.396 e. The van der Waals surface area contributed by atoms with E-state index in [2.05, 4.69) is 35.5 Å². The van der Waals surface area contributed by atoms with E-state index in [1.165, 1.54) is 24.1 Å². The smallest absolute Gasteiger partial charge is 0.0641 e. The summed E-state index contributed by atoms with van der Waals surface area (Å²) in [5.74, 6) is 0. The third-order valence-corrected chi connectivity index (χ3v) is 4.15. The maximum atomic E-state index is 9.12. The Labute approximate surface area is 110 Å². The second-order valence-electron chi connectivity index (χ2n) is 5.24. The van der Waals surface area contributed by atoms with Crippen molar-refractivity contribution < 1.29 is 5.11 Å². The van der Waals surface area contributed by atoms with Crippen molar-refractivity contribution >= 4 is 0 Å². The monoisotopic (exact) mass is 251 g/mol. The lowest BCUT2D eigenvalue weighted by atomic mass is 10.1. The van der Waals surface area contributed by atoms with Crippen molar-refractivity contribution in [2.75, 3.05) is 13.2 Å². The average molecular weight is 251 g/mol. The molecule has 1 aromatic rings. The maximum absolute atomic E-state index is 9.12. The van der Waals surface area contributed by atoms with E-state index in [0.717, 1.165) is 31.7 Å². The number of nitrogens with zero attached hydrogens (tertiary/aromatic N) is 3. The molecule has 0 aliphatic carbocycles. The molecule has 0 aromatic carbocycles. The Kier molecular flexibility index (Phi) is 4.40. The van der Waals surface area contributed by atoms with E-state index in [0.29, 0.717) is 12.6 Å². The minimum atomic E-state index is 0.299. The highest BCUT2D eigenvalue weighted by Crippen LogP contribution is 2.24. The number of likely N-dealkylation sites (tertiary alicyclic amines) is 1. The van der Waals surface area contributed by atoms with E-state index < -0.39 is 0 Å². The molecule has 1 aliphatic rings. The topological polar surface area (TPSA) is 41.3 Å². The Morgan fingerprint density at radius 1 is 1.39 bits per heavy atom. The summed E-state index contributed by atoms with van der Waals surface area (Å²) in [5.41, 5.74) is 3.83. The lowest BCUT2D eigenvalue weighted by molar-refractivity contribution is 0.189. The van der Waals surface area contributed by atoms with Gasteiger partial charge in [0, 0.05) is 37.0 Å². The summed E-state index contributed by atoms with van der Waals surface area (Å²) in [6, 6.07) is 0.554. The number of aryl methyl sites for hydroxylation is 2. The number of aliphatic hydroxyl groups is 1. The molecule has 2 heterocycles. The lowest BCUT2D eigenvalue weighted by Crippen LogP contribution is -2.30. The van der Waals surface area contributed by atoms with Crippen LogP contribution in [0, 0.1) is 13.8 Å². The number of rotatable bonds is 5. The van der Waals surface area contributed by atoms with Gasteiger partial charge in [-0.15, -0.1) is 0 Å². The molecule has 1 fully saturated rings. The predicted octanol–water partition coefficient (Wildman–Crippen LogP) is 1.87. The summed E-state index contributed by atoms with van der Waals surface area (Å²) >= 11 is 0. The highest BCUT2D eigenvalue weighted by molar-refractivity contribution is 5.24. The first-order valence-electron chi connectivity index (χ1n) is 7.05. The zero-order valence-electron chi connectivity index (χ0n) is 11.8. The molecular weight excluding hydrogens is 226 g/mol. The number of aromatic nitrogens is 2. The van der Waals surface area contributed by atoms with Crippen LogP contribution in [-0.4, -0.2) is 39.0 Å². The molecule has 1 N–H and O–H groups in total. The first kappa shape index (κ1) is 13.6. The van der Waals surface area contributed by atoms with Gasteiger partial charge in [-0.3, -0.25) is 9.58 Å². The van der Waals surface area contributed by atoms with Gasteiger partial charge >= 0.3 is 0 Å². The highest BCUT2D eigenvalue weighted by Gasteiger charge is 2.25. The van der Waals surface area contributed by atoms with Crippen LogP contribution < -0.4 is 0 Å². The van der Waals surface area contributed by atoms with Gasteiger partial charge in [-0.05, 0) is 46.6 Å². The third-order valence-electron chi connectivity index (χ3n) is 4.15. The van der Waals surface area contributed by atoms with Crippen molar-refractivity contribution in [3.8, 4) is 0 Å². The normalized spacial score (nSPS) is 20.8. The molecule has 1 aromatic heterocycles. The van der Waals surface area contributed by atoms with Crippen molar-refractivity contribution in [2.45, 2.75) is 59.2 Å². The third kappa shape index (κ3) is 2.59. The summed E-state index contributed by atoms with van der Waals surface area (Å²) in [6.45, 7) is 9.78. The van der Waals surface area contributed by atoms with Crippen LogP contribution in [0.2, 0.25) is 0 Å². The fourth-order valence-corrected chi connectivity index (χ4v) is 3.05. The van der Waals surface area contributed by atoms with Gasteiger partial charge in [-0.1, -0.05) is 0 Å². The molecule has 1 saturated heterocycles. The van der Waals surface area contributed by atoms with Crippen LogP contribution in [0.4, 0.5) is 0 Å². The molecule has 0 bridgehead atoms. The Balaban J connectivity index is 2.11. The van der Waals surface area contributed by atoms with E-state index in [4.69, 9.17) is 5.11 Å². The van der Waals surface area contributed by atoms with Gasteiger partial charge in [0.25, 0.3) is 0 Å². The van der Waals surface area contributed by atoms with Crippen molar-refractivity contribution in [3.63, 3.8) is 0 Å². The van der Waals surface area contributed by atoms with Crippen molar-refractivity contribution in [2.24, 2.45) is 0 Å². The number of hydrogen-bond donors (Lipinski definition) is 1. The van der Waals surface area contributed by atoms with Crippen LogP contribution in [0.25, 0.3) is 0 Å². The molecule has 102 valence electrons. The van der Waals surface area contributed by atoms with E-state index in [1.54, 1.807) is 0 Å². The fourth-order valence-electron chi connectivity index (χ4n) is 3.05. The average Bonchev–Trinajstić information content (AvgIpc) is 2.89. The van der Waals surface area contributed by atoms with Crippen molar-refractivity contribution in [1.82, 2.24) is 14.7 Å². The number of aliphatic hydroxyl groups excluding tert-OH is 1. The predicted molar refractivity (Wildman–Crippen MR) is 72.5 cm³/mol. The van der Waals surface area contributed by atoms with Gasteiger partial charge in [-0.2, -0.15) is 5.10 Å². The van der Waals surface area contributed by atoms with Gasteiger partial charge in [0.1, 0.15) is 0 Å². The van der Waals surface area contributed by atoms with E-state index in [1.807, 2.05) is 0 Å². The molecular formula is C14H25N3O. The van der Waals surface area contributed by atoms with Crippen LogP contribution in [0.1, 0.15) is 43.1 Å². The van der Waals surface area contributed by atoms with Gasteiger partial charge in [0.2, 0.25) is 0 Å². The molecule has 18 heavy (non-hydrogen) atoms. The summed E-state index contributed by atoms with van der Waals surface area (Å²) in [7, 11) is 0. The van der Waals surface area contributed by atoms with Crippen LogP contribution in [0.5, 0.6) is 0 Å².